The number of imidazole rings is 1. The maximum Gasteiger partial charge on any atom is 0.191 e. The summed E-state index contributed by atoms with van der Waals surface area (Å²) in [5.41, 5.74) is 0. The van der Waals surface area contributed by atoms with Gasteiger partial charge in [-0.2, -0.15) is 0 Å². The second-order valence-corrected chi connectivity index (χ2v) is 6.23. The molecule has 0 spiro atoms. The topological polar surface area (TPSA) is 76.6 Å². The lowest BCUT2D eigenvalue weighted by molar-refractivity contribution is 0.105. The third-order valence-corrected chi connectivity index (χ3v) is 3.58. The maximum atomic E-state index is 5.56. The number of furan rings is 1. The molecule has 0 aromatic carbocycles. The van der Waals surface area contributed by atoms with Crippen LogP contribution in [0.3, 0.4) is 0 Å². The third-order valence-electron chi connectivity index (χ3n) is 3.58. The first kappa shape index (κ1) is 19.1. The van der Waals surface area contributed by atoms with Gasteiger partial charge >= 0.3 is 0 Å². The van der Waals surface area contributed by atoms with Crippen molar-refractivity contribution in [3.63, 3.8) is 0 Å². The maximum absolute atomic E-state index is 5.56. The first-order valence-electron chi connectivity index (χ1n) is 8.73. The number of hydrogen-bond donors (Lipinski definition) is 2. The van der Waals surface area contributed by atoms with Gasteiger partial charge in [-0.1, -0.05) is 13.8 Å². The molecule has 0 atom stereocenters. The highest BCUT2D eigenvalue weighted by Gasteiger charge is 2.05. The number of aliphatic imine (C=N–C) groups is 1. The number of rotatable bonds is 10. The zero-order chi connectivity index (χ0) is 17.9. The monoisotopic (exact) mass is 347 g/mol. The molecule has 0 aliphatic rings. The molecule has 2 aromatic heterocycles. The Hall–Kier alpha value is -2.28. The fourth-order valence-corrected chi connectivity index (χ4v) is 2.40. The minimum Gasteiger partial charge on any atom is -0.467 e. The third kappa shape index (κ3) is 7.01. The summed E-state index contributed by atoms with van der Waals surface area (Å²) in [6.07, 6.45) is 6.40. The zero-order valence-electron chi connectivity index (χ0n) is 15.4. The van der Waals surface area contributed by atoms with Crippen molar-refractivity contribution >= 4 is 5.96 Å². The SMILES string of the molecule is CN=C(NCCCOCc1ccco1)NCc1nccn1CC(C)C. The summed E-state index contributed by atoms with van der Waals surface area (Å²) >= 11 is 0. The second kappa shape index (κ2) is 10.6. The number of nitrogens with one attached hydrogen (secondary N) is 2. The highest BCUT2D eigenvalue weighted by Crippen LogP contribution is 2.03. The summed E-state index contributed by atoms with van der Waals surface area (Å²) in [4.78, 5) is 8.65. The fourth-order valence-electron chi connectivity index (χ4n) is 2.40. The van der Waals surface area contributed by atoms with Gasteiger partial charge in [0.1, 0.15) is 18.2 Å². The van der Waals surface area contributed by atoms with Crippen molar-refractivity contribution in [2.75, 3.05) is 20.2 Å². The van der Waals surface area contributed by atoms with E-state index in [1.165, 1.54) is 0 Å². The standard InChI is InChI=1S/C18H29N5O2/c1-15(2)13-23-9-8-20-17(23)12-22-18(19-3)21-7-5-10-24-14-16-6-4-11-25-16/h4,6,8-9,11,15H,5,7,10,12-14H2,1-3H3,(H2,19,21,22). The predicted molar refractivity (Wildman–Crippen MR) is 98.2 cm³/mol. The van der Waals surface area contributed by atoms with E-state index >= 15 is 0 Å². The Bertz CT molecular complexity index is 619. The molecule has 0 bridgehead atoms. The summed E-state index contributed by atoms with van der Waals surface area (Å²) in [7, 11) is 1.77. The highest BCUT2D eigenvalue weighted by atomic mass is 16.5. The van der Waals surface area contributed by atoms with E-state index in [9.17, 15) is 0 Å². The highest BCUT2D eigenvalue weighted by molar-refractivity contribution is 5.79. The van der Waals surface area contributed by atoms with Crippen LogP contribution in [0.15, 0.2) is 40.2 Å². The van der Waals surface area contributed by atoms with Crippen LogP contribution in [0, 0.1) is 5.92 Å². The van der Waals surface area contributed by atoms with Crippen LogP contribution < -0.4 is 10.6 Å². The number of ether oxygens (including phenoxy) is 1. The predicted octanol–water partition coefficient (Wildman–Crippen LogP) is 2.40. The van der Waals surface area contributed by atoms with Crippen LogP contribution in [0.5, 0.6) is 0 Å². The van der Waals surface area contributed by atoms with Crippen molar-refractivity contribution < 1.29 is 9.15 Å². The largest absolute Gasteiger partial charge is 0.467 e. The van der Waals surface area contributed by atoms with Gasteiger partial charge in [-0.05, 0) is 24.5 Å². The van der Waals surface area contributed by atoms with Gasteiger partial charge in [0.15, 0.2) is 5.96 Å². The summed E-state index contributed by atoms with van der Waals surface area (Å²) in [6, 6.07) is 3.77. The second-order valence-electron chi connectivity index (χ2n) is 6.23. The summed E-state index contributed by atoms with van der Waals surface area (Å²) in [5, 5.41) is 6.58. The van der Waals surface area contributed by atoms with E-state index in [1.54, 1.807) is 13.3 Å². The Balaban J connectivity index is 1.61. The lowest BCUT2D eigenvalue weighted by Crippen LogP contribution is -2.38. The molecule has 7 heteroatoms. The van der Waals surface area contributed by atoms with Gasteiger partial charge in [0.25, 0.3) is 0 Å². The molecule has 7 nitrogen and oxygen atoms in total. The Morgan fingerprint density at radius 1 is 1.40 bits per heavy atom. The van der Waals surface area contributed by atoms with Crippen LogP contribution in [-0.2, 0) is 24.4 Å². The molecular formula is C18H29N5O2. The normalized spacial score (nSPS) is 11.9. The van der Waals surface area contributed by atoms with Crippen molar-refractivity contribution in [1.29, 1.82) is 0 Å². The average Bonchev–Trinajstić information content (AvgIpc) is 3.25. The lowest BCUT2D eigenvalue weighted by Gasteiger charge is -2.14. The first-order chi connectivity index (χ1) is 12.2. The van der Waals surface area contributed by atoms with Crippen molar-refractivity contribution in [2.24, 2.45) is 10.9 Å². The zero-order valence-corrected chi connectivity index (χ0v) is 15.4. The molecule has 0 aliphatic heterocycles. The molecule has 2 rings (SSSR count). The Kier molecular flexibility index (Phi) is 8.04. The van der Waals surface area contributed by atoms with Gasteiger partial charge in [0, 0.05) is 39.1 Å². The number of guanidine groups is 1. The minimum absolute atomic E-state index is 0.512. The lowest BCUT2D eigenvalue weighted by atomic mass is 10.2. The molecule has 2 aromatic rings. The average molecular weight is 347 g/mol. The molecule has 0 radical (unpaired) electrons. The summed E-state index contributed by atoms with van der Waals surface area (Å²) in [5.74, 6) is 3.22. The van der Waals surface area contributed by atoms with Crippen LogP contribution in [0.1, 0.15) is 31.9 Å². The Morgan fingerprint density at radius 3 is 3.00 bits per heavy atom. The molecule has 0 saturated carbocycles. The van der Waals surface area contributed by atoms with E-state index in [0.717, 1.165) is 37.1 Å². The van der Waals surface area contributed by atoms with Gasteiger partial charge in [-0.25, -0.2) is 4.98 Å². The van der Waals surface area contributed by atoms with Gasteiger partial charge in [0.05, 0.1) is 12.8 Å². The molecule has 25 heavy (non-hydrogen) atoms. The molecule has 0 amide bonds. The Labute approximate surface area is 149 Å². The van der Waals surface area contributed by atoms with E-state index in [1.807, 2.05) is 24.5 Å². The molecule has 0 aliphatic carbocycles. The summed E-state index contributed by atoms with van der Waals surface area (Å²) in [6.45, 7) is 7.99. The smallest absolute Gasteiger partial charge is 0.191 e. The van der Waals surface area contributed by atoms with E-state index < -0.39 is 0 Å². The number of nitrogens with zero attached hydrogens (tertiary/aromatic N) is 3. The molecule has 0 saturated heterocycles. The molecular weight excluding hydrogens is 318 g/mol. The molecule has 0 unspecified atom stereocenters. The van der Waals surface area contributed by atoms with Gasteiger partial charge in [0.2, 0.25) is 0 Å². The molecule has 0 fully saturated rings. The van der Waals surface area contributed by atoms with E-state index in [2.05, 4.69) is 39.0 Å². The number of hydrogen-bond acceptors (Lipinski definition) is 4. The number of aromatic nitrogens is 2. The van der Waals surface area contributed by atoms with Gasteiger partial charge in [-0.15, -0.1) is 0 Å². The van der Waals surface area contributed by atoms with Crippen LogP contribution in [0.2, 0.25) is 0 Å². The van der Waals surface area contributed by atoms with Crippen molar-refractivity contribution in [2.45, 2.75) is 40.0 Å². The van der Waals surface area contributed by atoms with Crippen molar-refractivity contribution in [3.8, 4) is 0 Å². The van der Waals surface area contributed by atoms with Crippen LogP contribution in [0.4, 0.5) is 0 Å². The summed E-state index contributed by atoms with van der Waals surface area (Å²) < 4.78 is 13.0. The van der Waals surface area contributed by atoms with E-state index in [4.69, 9.17) is 9.15 Å². The molecule has 2 N–H and O–H groups in total. The first-order valence-corrected chi connectivity index (χ1v) is 8.73. The molecule has 2 heterocycles. The molecule has 138 valence electrons. The quantitative estimate of drug-likeness (QED) is 0.392. The van der Waals surface area contributed by atoms with Crippen LogP contribution >= 0.6 is 0 Å². The Morgan fingerprint density at radius 2 is 2.28 bits per heavy atom. The van der Waals surface area contributed by atoms with E-state index in [0.29, 0.717) is 25.7 Å². The van der Waals surface area contributed by atoms with Gasteiger partial charge < -0.3 is 24.4 Å². The van der Waals surface area contributed by atoms with Gasteiger partial charge in [-0.3, -0.25) is 4.99 Å². The van der Waals surface area contributed by atoms with E-state index in [-0.39, 0.29) is 0 Å². The van der Waals surface area contributed by atoms with Crippen molar-refractivity contribution in [1.82, 2.24) is 20.2 Å². The van der Waals surface area contributed by atoms with Crippen LogP contribution in [0.25, 0.3) is 0 Å². The minimum atomic E-state index is 0.512. The van der Waals surface area contributed by atoms with Crippen LogP contribution in [-0.4, -0.2) is 35.7 Å². The fraction of sp³-hybridized carbons (Fsp3) is 0.556. The van der Waals surface area contributed by atoms with Crippen molar-refractivity contribution in [3.05, 3.63) is 42.4 Å².